The Morgan fingerprint density at radius 3 is 2.23 bits per heavy atom. The maximum atomic E-state index is 13.0. The first-order valence-corrected chi connectivity index (χ1v) is 11.5. The van der Waals surface area contributed by atoms with E-state index < -0.39 is 27.7 Å². The van der Waals surface area contributed by atoms with E-state index in [1.807, 2.05) is 13.8 Å². The number of hydrogen-bond acceptors (Lipinski definition) is 5. The van der Waals surface area contributed by atoms with Gasteiger partial charge in [-0.3, -0.25) is 19.7 Å². The molecule has 0 unspecified atom stereocenters. The highest BCUT2D eigenvalue weighted by molar-refractivity contribution is 7.89. The molecule has 1 saturated heterocycles. The minimum absolute atomic E-state index is 0.151. The van der Waals surface area contributed by atoms with Gasteiger partial charge < -0.3 is 5.32 Å². The SMILES string of the molecule is C[C@H]1C[C@H](C)CN(S(=O)(=O)c2ccc(C(=O)Nc3ccc4c(c3)C(=O)NC4=O)cc2)C1. The lowest BCUT2D eigenvalue weighted by atomic mass is 9.94. The van der Waals surface area contributed by atoms with Crippen LogP contribution in [-0.4, -0.2) is 43.5 Å². The standard InChI is InChI=1S/C22H23N3O5S/c1-13-9-14(2)12-25(11-13)31(29,30)17-6-3-15(4-7-17)20(26)23-16-5-8-18-19(10-16)22(28)24-21(18)27/h3-8,10,13-14H,9,11-12H2,1-2H3,(H,23,26)(H,24,27,28)/t13-,14-/m0/s1. The molecule has 8 nitrogen and oxygen atoms in total. The van der Waals surface area contributed by atoms with Gasteiger partial charge in [-0.2, -0.15) is 4.31 Å². The fourth-order valence-electron chi connectivity index (χ4n) is 4.18. The van der Waals surface area contributed by atoms with Crippen molar-refractivity contribution in [3.63, 3.8) is 0 Å². The molecule has 0 radical (unpaired) electrons. The summed E-state index contributed by atoms with van der Waals surface area (Å²) in [6, 6.07) is 10.2. The molecule has 2 N–H and O–H groups in total. The topological polar surface area (TPSA) is 113 Å². The van der Waals surface area contributed by atoms with Crippen LogP contribution in [0.4, 0.5) is 5.69 Å². The van der Waals surface area contributed by atoms with E-state index in [1.54, 1.807) is 0 Å². The Balaban J connectivity index is 1.49. The molecular formula is C22H23N3O5S. The van der Waals surface area contributed by atoms with E-state index in [0.717, 1.165) is 6.42 Å². The van der Waals surface area contributed by atoms with Gasteiger partial charge in [0.2, 0.25) is 10.0 Å². The molecular weight excluding hydrogens is 418 g/mol. The van der Waals surface area contributed by atoms with Crippen molar-refractivity contribution in [3.05, 3.63) is 59.2 Å². The zero-order valence-corrected chi connectivity index (χ0v) is 18.0. The molecule has 2 atom stereocenters. The fraction of sp³-hybridized carbons (Fsp3) is 0.318. The van der Waals surface area contributed by atoms with E-state index >= 15 is 0 Å². The van der Waals surface area contributed by atoms with Crippen LogP contribution in [0.2, 0.25) is 0 Å². The molecule has 0 bridgehead atoms. The molecule has 1 fully saturated rings. The van der Waals surface area contributed by atoms with Gasteiger partial charge in [0.15, 0.2) is 0 Å². The molecule has 162 valence electrons. The van der Waals surface area contributed by atoms with Gasteiger partial charge in [-0.05, 0) is 60.7 Å². The summed E-state index contributed by atoms with van der Waals surface area (Å²) < 4.78 is 27.5. The number of piperidine rings is 1. The van der Waals surface area contributed by atoms with Gasteiger partial charge in [-0.15, -0.1) is 0 Å². The van der Waals surface area contributed by atoms with Crippen LogP contribution < -0.4 is 10.6 Å². The summed E-state index contributed by atoms with van der Waals surface area (Å²) in [5.41, 5.74) is 1.11. The van der Waals surface area contributed by atoms with Crippen molar-refractivity contribution in [2.24, 2.45) is 11.8 Å². The molecule has 9 heteroatoms. The van der Waals surface area contributed by atoms with E-state index in [2.05, 4.69) is 10.6 Å². The van der Waals surface area contributed by atoms with Crippen LogP contribution in [0.15, 0.2) is 47.4 Å². The van der Waals surface area contributed by atoms with Crippen LogP contribution in [0.3, 0.4) is 0 Å². The number of sulfonamides is 1. The number of carbonyl (C=O) groups is 3. The molecule has 2 aliphatic heterocycles. The molecule has 3 amide bonds. The second kappa shape index (κ2) is 7.90. The minimum Gasteiger partial charge on any atom is -0.322 e. The second-order valence-electron chi connectivity index (χ2n) is 8.29. The Hall–Kier alpha value is -3.04. The Kier molecular flexibility index (Phi) is 5.40. The normalized spacial score (nSPS) is 21.5. The number of hydrogen-bond donors (Lipinski definition) is 2. The maximum Gasteiger partial charge on any atom is 0.259 e. The van der Waals surface area contributed by atoms with Crippen LogP contribution in [-0.2, 0) is 10.0 Å². The van der Waals surface area contributed by atoms with Crippen molar-refractivity contribution >= 4 is 33.4 Å². The van der Waals surface area contributed by atoms with E-state index in [0.29, 0.717) is 30.6 Å². The van der Waals surface area contributed by atoms with Gasteiger partial charge in [0.25, 0.3) is 17.7 Å². The molecule has 2 aromatic carbocycles. The largest absolute Gasteiger partial charge is 0.322 e. The number of benzene rings is 2. The van der Waals surface area contributed by atoms with Crippen molar-refractivity contribution < 1.29 is 22.8 Å². The van der Waals surface area contributed by atoms with Crippen LogP contribution in [0.25, 0.3) is 0 Å². The quantitative estimate of drug-likeness (QED) is 0.708. The van der Waals surface area contributed by atoms with E-state index in [4.69, 9.17) is 0 Å². The predicted molar refractivity (Wildman–Crippen MR) is 114 cm³/mol. The molecule has 0 spiro atoms. The summed E-state index contributed by atoms with van der Waals surface area (Å²) in [7, 11) is -3.62. The summed E-state index contributed by atoms with van der Waals surface area (Å²) in [6.45, 7) is 5.07. The second-order valence-corrected chi connectivity index (χ2v) is 10.2. The zero-order chi connectivity index (χ0) is 22.3. The molecule has 0 saturated carbocycles. The first-order chi connectivity index (χ1) is 14.6. The number of nitrogens with zero attached hydrogens (tertiary/aromatic N) is 1. The van der Waals surface area contributed by atoms with Gasteiger partial charge in [-0.25, -0.2) is 8.42 Å². The highest BCUT2D eigenvalue weighted by Crippen LogP contribution is 2.27. The van der Waals surface area contributed by atoms with Crippen molar-refractivity contribution in [2.75, 3.05) is 18.4 Å². The molecule has 2 aromatic rings. The molecule has 0 aliphatic carbocycles. The van der Waals surface area contributed by atoms with Crippen LogP contribution in [0, 0.1) is 11.8 Å². The molecule has 4 rings (SSSR count). The zero-order valence-electron chi connectivity index (χ0n) is 17.2. The minimum atomic E-state index is -3.62. The van der Waals surface area contributed by atoms with Gasteiger partial charge >= 0.3 is 0 Å². The number of amides is 3. The van der Waals surface area contributed by atoms with E-state index in [9.17, 15) is 22.8 Å². The molecule has 2 aliphatic rings. The Bertz CT molecular complexity index is 1160. The average Bonchev–Trinajstić information content (AvgIpc) is 3.00. The third kappa shape index (κ3) is 4.11. The van der Waals surface area contributed by atoms with Crippen molar-refractivity contribution in [1.29, 1.82) is 0 Å². The summed E-state index contributed by atoms with van der Waals surface area (Å²) in [6.07, 6.45) is 1.00. The predicted octanol–water partition coefficient (Wildman–Crippen LogP) is 2.49. The number of anilines is 1. The van der Waals surface area contributed by atoms with Crippen LogP contribution in [0.1, 0.15) is 51.3 Å². The van der Waals surface area contributed by atoms with Gasteiger partial charge in [0.05, 0.1) is 16.0 Å². The van der Waals surface area contributed by atoms with Gasteiger partial charge in [-0.1, -0.05) is 13.8 Å². The average molecular weight is 442 g/mol. The smallest absolute Gasteiger partial charge is 0.259 e. The van der Waals surface area contributed by atoms with Crippen molar-refractivity contribution in [3.8, 4) is 0 Å². The summed E-state index contributed by atoms with van der Waals surface area (Å²) >= 11 is 0. The van der Waals surface area contributed by atoms with Crippen LogP contribution >= 0.6 is 0 Å². The number of fused-ring (bicyclic) bond motifs is 1. The Morgan fingerprint density at radius 2 is 1.58 bits per heavy atom. The lowest BCUT2D eigenvalue weighted by Crippen LogP contribution is -2.42. The third-order valence-corrected chi connectivity index (χ3v) is 7.43. The molecule has 2 heterocycles. The highest BCUT2D eigenvalue weighted by atomic mass is 32.2. The van der Waals surface area contributed by atoms with E-state index in [-0.39, 0.29) is 21.6 Å². The number of rotatable bonds is 4. The maximum absolute atomic E-state index is 13.0. The Morgan fingerprint density at radius 1 is 0.968 bits per heavy atom. The number of nitrogens with one attached hydrogen (secondary N) is 2. The molecule has 31 heavy (non-hydrogen) atoms. The lowest BCUT2D eigenvalue weighted by molar-refractivity contribution is 0.0878. The number of carbonyl (C=O) groups excluding carboxylic acids is 3. The molecule has 0 aromatic heterocycles. The Labute approximate surface area is 180 Å². The lowest BCUT2D eigenvalue weighted by Gasteiger charge is -2.34. The first-order valence-electron chi connectivity index (χ1n) is 10.1. The van der Waals surface area contributed by atoms with Crippen molar-refractivity contribution in [2.45, 2.75) is 25.2 Å². The van der Waals surface area contributed by atoms with Crippen molar-refractivity contribution in [1.82, 2.24) is 9.62 Å². The van der Waals surface area contributed by atoms with Gasteiger partial charge in [0, 0.05) is 24.3 Å². The van der Waals surface area contributed by atoms with E-state index in [1.165, 1.54) is 46.8 Å². The highest BCUT2D eigenvalue weighted by Gasteiger charge is 2.32. The summed E-state index contributed by atoms with van der Waals surface area (Å²) in [5.74, 6) is -0.824. The summed E-state index contributed by atoms with van der Waals surface area (Å²) in [4.78, 5) is 36.1. The number of imide groups is 1. The summed E-state index contributed by atoms with van der Waals surface area (Å²) in [5, 5.41) is 4.86. The fourth-order valence-corrected chi connectivity index (χ4v) is 5.86. The third-order valence-electron chi connectivity index (χ3n) is 5.58. The monoisotopic (exact) mass is 441 g/mol. The first kappa shape index (κ1) is 21.2. The van der Waals surface area contributed by atoms with Gasteiger partial charge in [0.1, 0.15) is 0 Å². The van der Waals surface area contributed by atoms with Crippen LogP contribution in [0.5, 0.6) is 0 Å².